The van der Waals surface area contributed by atoms with Gasteiger partial charge in [-0.1, -0.05) is 48.5 Å². The Morgan fingerprint density at radius 2 is 1.68 bits per heavy atom. The molecule has 1 saturated heterocycles. The summed E-state index contributed by atoms with van der Waals surface area (Å²) in [4.78, 5) is 42.4. The fourth-order valence-electron chi connectivity index (χ4n) is 4.19. The lowest BCUT2D eigenvalue weighted by Crippen LogP contribution is -2.32. The van der Waals surface area contributed by atoms with Crippen LogP contribution in [0.4, 0.5) is 5.82 Å². The van der Waals surface area contributed by atoms with Crippen molar-refractivity contribution in [2.24, 2.45) is 5.92 Å². The van der Waals surface area contributed by atoms with Gasteiger partial charge in [0.1, 0.15) is 11.4 Å². The van der Waals surface area contributed by atoms with Gasteiger partial charge in [0.05, 0.1) is 17.8 Å². The third kappa shape index (κ3) is 4.85. The largest absolute Gasteiger partial charge is 0.339 e. The Labute approximate surface area is 199 Å². The monoisotopic (exact) mass is 459 g/mol. The zero-order chi connectivity index (χ0) is 24.1. The lowest BCUT2D eigenvalue weighted by molar-refractivity contribution is -0.128. The number of para-hydroxylation sites is 1. The van der Waals surface area contributed by atoms with E-state index in [-0.39, 0.29) is 24.1 Å². The second-order valence-corrected chi connectivity index (χ2v) is 8.28. The Bertz CT molecular complexity index is 1160. The Morgan fingerprint density at radius 1 is 1.03 bits per heavy atom. The molecule has 0 radical (unpaired) electrons. The van der Waals surface area contributed by atoms with Crippen molar-refractivity contribution in [1.82, 2.24) is 19.6 Å². The molecule has 0 bridgehead atoms. The van der Waals surface area contributed by atoms with E-state index in [9.17, 15) is 14.4 Å². The van der Waals surface area contributed by atoms with Crippen LogP contribution in [0.2, 0.25) is 0 Å². The van der Waals surface area contributed by atoms with Gasteiger partial charge >= 0.3 is 0 Å². The molecule has 1 unspecified atom stereocenters. The van der Waals surface area contributed by atoms with Crippen molar-refractivity contribution in [3.8, 4) is 5.69 Å². The molecule has 4 rings (SSSR count). The highest BCUT2D eigenvalue weighted by atomic mass is 16.2. The van der Waals surface area contributed by atoms with Crippen molar-refractivity contribution in [2.45, 2.75) is 26.8 Å². The fraction of sp³-hybridized carbons (Fsp3) is 0.308. The molecule has 1 aromatic heterocycles. The smallest absolute Gasteiger partial charge is 0.259 e. The van der Waals surface area contributed by atoms with E-state index in [0.717, 1.165) is 11.3 Å². The van der Waals surface area contributed by atoms with Gasteiger partial charge in [-0.2, -0.15) is 5.10 Å². The van der Waals surface area contributed by atoms with E-state index in [4.69, 9.17) is 0 Å². The molecular weight excluding hydrogens is 430 g/mol. The summed E-state index contributed by atoms with van der Waals surface area (Å²) >= 11 is 0. The Balaban J connectivity index is 1.57. The molecule has 1 N–H and O–H groups in total. The molecule has 1 fully saturated rings. The minimum Gasteiger partial charge on any atom is -0.339 e. The number of aromatic nitrogens is 2. The summed E-state index contributed by atoms with van der Waals surface area (Å²) in [5, 5.41) is 7.32. The minimum atomic E-state index is -0.508. The van der Waals surface area contributed by atoms with Crippen LogP contribution in [0.15, 0.2) is 66.9 Å². The summed E-state index contributed by atoms with van der Waals surface area (Å²) in [6, 6.07) is 19.0. The summed E-state index contributed by atoms with van der Waals surface area (Å²) in [6.07, 6.45) is 1.63. The maximum Gasteiger partial charge on any atom is 0.259 e. The maximum absolute atomic E-state index is 13.3. The van der Waals surface area contributed by atoms with Gasteiger partial charge in [0.2, 0.25) is 11.8 Å². The van der Waals surface area contributed by atoms with Gasteiger partial charge in [-0.25, -0.2) is 4.68 Å². The van der Waals surface area contributed by atoms with Crippen LogP contribution in [0.5, 0.6) is 0 Å². The van der Waals surface area contributed by atoms with Gasteiger partial charge < -0.3 is 15.1 Å². The van der Waals surface area contributed by atoms with Gasteiger partial charge in [-0.15, -0.1) is 0 Å². The molecule has 0 saturated carbocycles. The van der Waals surface area contributed by atoms with Gasteiger partial charge in [0.15, 0.2) is 0 Å². The zero-order valence-corrected chi connectivity index (χ0v) is 19.5. The molecule has 0 aliphatic carbocycles. The Kier molecular flexibility index (Phi) is 7.06. The van der Waals surface area contributed by atoms with E-state index >= 15 is 0 Å². The number of carbonyl (C=O) groups is 3. The molecule has 8 nitrogen and oxygen atoms in total. The number of anilines is 1. The molecule has 0 spiro atoms. The second kappa shape index (κ2) is 10.3. The molecular formula is C26H29N5O3. The predicted octanol–water partition coefficient (Wildman–Crippen LogP) is 3.34. The van der Waals surface area contributed by atoms with Crippen LogP contribution in [0.1, 0.15) is 36.2 Å². The van der Waals surface area contributed by atoms with E-state index in [0.29, 0.717) is 37.6 Å². The lowest BCUT2D eigenvalue weighted by atomic mass is 10.1. The topological polar surface area (TPSA) is 87.5 Å². The van der Waals surface area contributed by atoms with Crippen LogP contribution in [0.25, 0.3) is 5.69 Å². The minimum absolute atomic E-state index is 0.0555. The predicted molar refractivity (Wildman–Crippen MR) is 129 cm³/mol. The Morgan fingerprint density at radius 3 is 2.32 bits per heavy atom. The first kappa shape index (κ1) is 23.2. The lowest BCUT2D eigenvalue weighted by Gasteiger charge is -2.20. The Hall–Kier alpha value is -3.94. The highest BCUT2D eigenvalue weighted by Gasteiger charge is 2.35. The number of nitrogens with one attached hydrogen (secondary N) is 1. The first-order valence-electron chi connectivity index (χ1n) is 11.6. The summed E-state index contributed by atoms with van der Waals surface area (Å²) in [6.45, 7) is 5.71. The van der Waals surface area contributed by atoms with E-state index in [2.05, 4.69) is 10.4 Å². The van der Waals surface area contributed by atoms with Crippen LogP contribution in [0.3, 0.4) is 0 Å². The molecule has 176 valence electrons. The molecule has 1 aliphatic heterocycles. The summed E-state index contributed by atoms with van der Waals surface area (Å²) < 4.78 is 1.56. The van der Waals surface area contributed by atoms with Gasteiger partial charge in [0, 0.05) is 32.6 Å². The zero-order valence-electron chi connectivity index (χ0n) is 19.5. The third-order valence-corrected chi connectivity index (χ3v) is 6.09. The van der Waals surface area contributed by atoms with Crippen LogP contribution in [0, 0.1) is 5.92 Å². The average Bonchev–Trinajstić information content (AvgIpc) is 3.44. The first-order chi connectivity index (χ1) is 16.5. The third-order valence-electron chi connectivity index (χ3n) is 6.09. The van der Waals surface area contributed by atoms with Gasteiger partial charge in [-0.3, -0.25) is 14.4 Å². The number of nitrogens with zero attached hydrogens (tertiary/aromatic N) is 4. The molecule has 2 aromatic carbocycles. The standard InChI is InChI=1S/C26H29N5O3/c1-3-29(4-2)26(34)22-16-27-31(21-13-9-6-10-14-21)24(22)28-25(33)20-15-23(32)30(18-20)17-19-11-7-5-8-12-19/h5-14,16,20H,3-4,15,17-18H2,1-2H3,(H,28,33). The number of hydrogen-bond donors (Lipinski definition) is 1. The van der Waals surface area contributed by atoms with Crippen LogP contribution >= 0.6 is 0 Å². The molecule has 3 aromatic rings. The van der Waals surface area contributed by atoms with Crippen molar-refractivity contribution < 1.29 is 14.4 Å². The van der Waals surface area contributed by atoms with Gasteiger partial charge in [-0.05, 0) is 31.5 Å². The van der Waals surface area contributed by atoms with Crippen LogP contribution in [-0.2, 0) is 16.1 Å². The molecule has 34 heavy (non-hydrogen) atoms. The number of rotatable bonds is 8. The molecule has 8 heteroatoms. The first-order valence-corrected chi connectivity index (χ1v) is 11.6. The normalized spacial score (nSPS) is 15.4. The number of benzene rings is 2. The van der Waals surface area contributed by atoms with Crippen molar-refractivity contribution in [3.63, 3.8) is 0 Å². The molecule has 1 atom stereocenters. The summed E-state index contributed by atoms with van der Waals surface area (Å²) in [5.41, 5.74) is 2.07. The van der Waals surface area contributed by atoms with Crippen LogP contribution in [-0.4, -0.2) is 56.9 Å². The van der Waals surface area contributed by atoms with E-state index in [1.807, 2.05) is 74.5 Å². The van der Waals surface area contributed by atoms with Crippen molar-refractivity contribution in [3.05, 3.63) is 78.0 Å². The van der Waals surface area contributed by atoms with E-state index in [1.54, 1.807) is 14.5 Å². The van der Waals surface area contributed by atoms with Crippen molar-refractivity contribution in [1.29, 1.82) is 0 Å². The van der Waals surface area contributed by atoms with Crippen molar-refractivity contribution in [2.75, 3.05) is 25.0 Å². The summed E-state index contributed by atoms with van der Waals surface area (Å²) in [7, 11) is 0. The maximum atomic E-state index is 13.3. The number of likely N-dealkylation sites (tertiary alicyclic amines) is 1. The van der Waals surface area contributed by atoms with Crippen molar-refractivity contribution >= 4 is 23.5 Å². The van der Waals surface area contributed by atoms with Gasteiger partial charge in [0.25, 0.3) is 5.91 Å². The van der Waals surface area contributed by atoms with E-state index < -0.39 is 5.92 Å². The van der Waals surface area contributed by atoms with E-state index in [1.165, 1.54) is 6.20 Å². The van der Waals surface area contributed by atoms with Crippen LogP contribution < -0.4 is 5.32 Å². The average molecular weight is 460 g/mol. The SMILES string of the molecule is CCN(CC)C(=O)c1cnn(-c2ccccc2)c1NC(=O)C1CC(=O)N(Cc2ccccc2)C1. The summed E-state index contributed by atoms with van der Waals surface area (Å²) in [5.74, 6) is -0.736. The highest BCUT2D eigenvalue weighted by Crippen LogP contribution is 2.26. The highest BCUT2D eigenvalue weighted by molar-refractivity contribution is 6.04. The number of hydrogen-bond acceptors (Lipinski definition) is 4. The molecule has 2 heterocycles. The fourth-order valence-corrected chi connectivity index (χ4v) is 4.19. The quantitative estimate of drug-likeness (QED) is 0.560. The number of amides is 3. The molecule has 1 aliphatic rings. The second-order valence-electron chi connectivity index (χ2n) is 8.28. The molecule has 3 amide bonds. The number of carbonyl (C=O) groups excluding carboxylic acids is 3.